The van der Waals surface area contributed by atoms with E-state index in [0.717, 1.165) is 31.5 Å². The van der Waals surface area contributed by atoms with Crippen molar-refractivity contribution in [3.8, 4) is 0 Å². The standard InChI is InChI=1S/C15H24N2O3S/c1-2-17-21(19,20)14-9-7-13(8-10-14)16-11-12-5-3-4-6-15(12)18/h7-10,12,15-18H,2-6,11H2,1H3. The molecule has 0 spiro atoms. The molecule has 0 aliphatic heterocycles. The van der Waals surface area contributed by atoms with Crippen molar-refractivity contribution in [2.75, 3.05) is 18.4 Å². The molecular weight excluding hydrogens is 288 g/mol. The topological polar surface area (TPSA) is 78.4 Å². The zero-order valence-electron chi connectivity index (χ0n) is 12.4. The van der Waals surface area contributed by atoms with Crippen LogP contribution in [0.4, 0.5) is 5.69 Å². The number of sulfonamides is 1. The lowest BCUT2D eigenvalue weighted by atomic mass is 9.86. The molecule has 6 heteroatoms. The van der Waals surface area contributed by atoms with Crippen molar-refractivity contribution in [3.63, 3.8) is 0 Å². The number of anilines is 1. The summed E-state index contributed by atoms with van der Waals surface area (Å²) in [6, 6.07) is 6.72. The van der Waals surface area contributed by atoms with E-state index in [-0.39, 0.29) is 16.9 Å². The summed E-state index contributed by atoms with van der Waals surface area (Å²) in [5, 5.41) is 13.2. The summed E-state index contributed by atoms with van der Waals surface area (Å²) in [5.41, 5.74) is 0.878. The maximum Gasteiger partial charge on any atom is 0.240 e. The smallest absolute Gasteiger partial charge is 0.240 e. The third-order valence-electron chi connectivity index (χ3n) is 3.94. The van der Waals surface area contributed by atoms with E-state index in [2.05, 4.69) is 10.0 Å². The zero-order chi connectivity index (χ0) is 15.3. The normalized spacial score (nSPS) is 23.0. The van der Waals surface area contributed by atoms with Gasteiger partial charge in [0.25, 0.3) is 0 Å². The summed E-state index contributed by atoms with van der Waals surface area (Å²) < 4.78 is 26.1. The van der Waals surface area contributed by atoms with Gasteiger partial charge in [-0.1, -0.05) is 19.8 Å². The molecule has 1 aliphatic carbocycles. The highest BCUT2D eigenvalue weighted by atomic mass is 32.2. The molecule has 5 nitrogen and oxygen atoms in total. The van der Waals surface area contributed by atoms with Gasteiger partial charge >= 0.3 is 0 Å². The highest BCUT2D eigenvalue weighted by Crippen LogP contribution is 2.25. The Kier molecular flexibility index (Phi) is 5.61. The Balaban J connectivity index is 1.93. The van der Waals surface area contributed by atoms with Crippen LogP contribution in [-0.2, 0) is 10.0 Å². The van der Waals surface area contributed by atoms with Crippen LogP contribution in [0.1, 0.15) is 32.6 Å². The molecule has 3 N–H and O–H groups in total. The molecule has 1 fully saturated rings. The third-order valence-corrected chi connectivity index (χ3v) is 5.50. The predicted molar refractivity (Wildman–Crippen MR) is 83.8 cm³/mol. The average molecular weight is 312 g/mol. The highest BCUT2D eigenvalue weighted by Gasteiger charge is 2.22. The van der Waals surface area contributed by atoms with Gasteiger partial charge in [0.05, 0.1) is 11.0 Å². The van der Waals surface area contributed by atoms with Crippen LogP contribution in [0.2, 0.25) is 0 Å². The van der Waals surface area contributed by atoms with E-state index >= 15 is 0 Å². The van der Waals surface area contributed by atoms with E-state index in [1.807, 2.05) is 0 Å². The molecule has 21 heavy (non-hydrogen) atoms. The van der Waals surface area contributed by atoms with E-state index in [0.29, 0.717) is 6.54 Å². The van der Waals surface area contributed by atoms with Crippen molar-refractivity contribution in [1.29, 1.82) is 0 Å². The summed E-state index contributed by atoms with van der Waals surface area (Å²) in [6.45, 7) is 2.85. The molecule has 1 aliphatic rings. The molecule has 0 saturated heterocycles. The van der Waals surface area contributed by atoms with E-state index < -0.39 is 10.0 Å². The number of rotatable bonds is 6. The molecule has 0 amide bonds. The fourth-order valence-electron chi connectivity index (χ4n) is 2.70. The molecule has 2 unspecified atom stereocenters. The SMILES string of the molecule is CCNS(=O)(=O)c1ccc(NCC2CCCCC2O)cc1. The molecule has 0 aromatic heterocycles. The Hall–Kier alpha value is -1.11. The summed E-state index contributed by atoms with van der Waals surface area (Å²) in [5.74, 6) is 0.281. The molecule has 0 radical (unpaired) electrons. The lowest BCUT2D eigenvalue weighted by Gasteiger charge is -2.28. The maximum atomic E-state index is 11.8. The van der Waals surface area contributed by atoms with Crippen LogP contribution in [0.15, 0.2) is 29.2 Å². The van der Waals surface area contributed by atoms with Gasteiger partial charge in [0.1, 0.15) is 0 Å². The lowest BCUT2D eigenvalue weighted by molar-refractivity contribution is 0.0763. The first-order valence-corrected chi connectivity index (χ1v) is 9.03. The van der Waals surface area contributed by atoms with Gasteiger partial charge in [0, 0.05) is 24.7 Å². The van der Waals surface area contributed by atoms with Gasteiger partial charge in [-0.2, -0.15) is 0 Å². The van der Waals surface area contributed by atoms with Gasteiger partial charge in [-0.25, -0.2) is 13.1 Å². The fourth-order valence-corrected chi connectivity index (χ4v) is 3.74. The summed E-state index contributed by atoms with van der Waals surface area (Å²) in [4.78, 5) is 0.271. The van der Waals surface area contributed by atoms with Gasteiger partial charge in [0.15, 0.2) is 0 Å². The zero-order valence-corrected chi connectivity index (χ0v) is 13.2. The van der Waals surface area contributed by atoms with E-state index in [9.17, 15) is 13.5 Å². The molecule has 0 bridgehead atoms. The van der Waals surface area contributed by atoms with Gasteiger partial charge in [-0.15, -0.1) is 0 Å². The molecule has 0 heterocycles. The molecular formula is C15H24N2O3S. The van der Waals surface area contributed by atoms with Crippen LogP contribution in [0.5, 0.6) is 0 Å². The number of nitrogens with one attached hydrogen (secondary N) is 2. The van der Waals surface area contributed by atoms with Gasteiger partial charge < -0.3 is 10.4 Å². The van der Waals surface area contributed by atoms with Crippen LogP contribution in [0, 0.1) is 5.92 Å². The molecule has 1 aromatic carbocycles. The molecule has 1 aromatic rings. The van der Waals surface area contributed by atoms with Crippen molar-refractivity contribution in [1.82, 2.24) is 4.72 Å². The van der Waals surface area contributed by atoms with Gasteiger partial charge in [-0.05, 0) is 37.1 Å². The number of aliphatic hydroxyl groups is 1. The number of hydrogen-bond acceptors (Lipinski definition) is 4. The minimum Gasteiger partial charge on any atom is -0.393 e. The van der Waals surface area contributed by atoms with E-state index in [1.54, 1.807) is 31.2 Å². The lowest BCUT2D eigenvalue weighted by Crippen LogP contribution is -2.30. The quantitative estimate of drug-likeness (QED) is 0.750. The van der Waals surface area contributed by atoms with Gasteiger partial charge in [0.2, 0.25) is 10.0 Å². The van der Waals surface area contributed by atoms with Crippen LogP contribution in [-0.4, -0.2) is 32.7 Å². The Morgan fingerprint density at radius 1 is 1.19 bits per heavy atom. The second kappa shape index (κ2) is 7.24. The molecule has 2 rings (SSSR count). The van der Waals surface area contributed by atoms with Gasteiger partial charge in [-0.3, -0.25) is 0 Å². The Morgan fingerprint density at radius 3 is 2.48 bits per heavy atom. The second-order valence-electron chi connectivity index (χ2n) is 5.52. The Morgan fingerprint density at radius 2 is 1.86 bits per heavy atom. The second-order valence-corrected chi connectivity index (χ2v) is 7.29. The number of benzene rings is 1. The summed E-state index contributed by atoms with van der Waals surface area (Å²) in [6.07, 6.45) is 3.98. The van der Waals surface area contributed by atoms with Crippen molar-refractivity contribution < 1.29 is 13.5 Å². The van der Waals surface area contributed by atoms with Crippen molar-refractivity contribution in [2.45, 2.75) is 43.6 Å². The largest absolute Gasteiger partial charge is 0.393 e. The predicted octanol–water partition coefficient (Wildman–Crippen LogP) is 1.95. The fraction of sp³-hybridized carbons (Fsp3) is 0.600. The number of hydrogen-bond donors (Lipinski definition) is 3. The third kappa shape index (κ3) is 4.43. The highest BCUT2D eigenvalue weighted by molar-refractivity contribution is 7.89. The van der Waals surface area contributed by atoms with Crippen LogP contribution in [0.25, 0.3) is 0 Å². The monoisotopic (exact) mass is 312 g/mol. The maximum absolute atomic E-state index is 11.8. The molecule has 2 atom stereocenters. The van der Waals surface area contributed by atoms with Crippen molar-refractivity contribution in [3.05, 3.63) is 24.3 Å². The summed E-state index contributed by atoms with van der Waals surface area (Å²) in [7, 11) is -3.39. The van der Waals surface area contributed by atoms with Crippen LogP contribution < -0.4 is 10.0 Å². The first kappa shape index (κ1) is 16.3. The van der Waals surface area contributed by atoms with Crippen molar-refractivity contribution >= 4 is 15.7 Å². The molecule has 118 valence electrons. The Labute approximate surface area is 126 Å². The number of aliphatic hydroxyl groups excluding tert-OH is 1. The first-order chi connectivity index (χ1) is 10.0. The minimum atomic E-state index is -3.39. The van der Waals surface area contributed by atoms with Crippen LogP contribution >= 0.6 is 0 Å². The van der Waals surface area contributed by atoms with Crippen LogP contribution in [0.3, 0.4) is 0 Å². The minimum absolute atomic E-state index is 0.223. The van der Waals surface area contributed by atoms with E-state index in [1.165, 1.54) is 6.42 Å². The van der Waals surface area contributed by atoms with Crippen molar-refractivity contribution in [2.24, 2.45) is 5.92 Å². The molecule has 1 saturated carbocycles. The van der Waals surface area contributed by atoms with E-state index in [4.69, 9.17) is 0 Å². The Bertz CT molecular complexity index is 543. The first-order valence-electron chi connectivity index (χ1n) is 7.54. The average Bonchev–Trinajstić information content (AvgIpc) is 2.47. The summed E-state index contributed by atoms with van der Waals surface area (Å²) >= 11 is 0.